The summed E-state index contributed by atoms with van der Waals surface area (Å²) >= 11 is 2.23. The maximum Gasteiger partial charge on any atom is 0.119 e. The summed E-state index contributed by atoms with van der Waals surface area (Å²) in [6, 6.07) is 4.49. The molecule has 1 aromatic heterocycles. The Morgan fingerprint density at radius 3 is 2.18 bits per heavy atom. The largest absolute Gasteiger partial charge is 0.508 e. The Balaban J connectivity index is 0.000000686. The Morgan fingerprint density at radius 1 is 1.12 bits per heavy atom. The first-order chi connectivity index (χ1) is 8.19. The number of halogens is 1. The van der Waals surface area contributed by atoms with Crippen LogP contribution in [0.1, 0.15) is 13.8 Å². The van der Waals surface area contributed by atoms with Crippen molar-refractivity contribution in [1.82, 2.24) is 9.55 Å². The van der Waals surface area contributed by atoms with Crippen LogP contribution in [-0.4, -0.2) is 19.8 Å². The van der Waals surface area contributed by atoms with Crippen LogP contribution in [0.15, 0.2) is 30.6 Å². The van der Waals surface area contributed by atoms with Crippen LogP contribution >= 0.6 is 28.4 Å². The first kappa shape index (κ1) is 14.3. The van der Waals surface area contributed by atoms with Crippen molar-refractivity contribution in [3.8, 4) is 22.6 Å². The monoisotopic (exact) mass is 364 g/mol. The van der Waals surface area contributed by atoms with E-state index >= 15 is 0 Å². The van der Waals surface area contributed by atoms with Crippen LogP contribution < -0.4 is 0 Å². The molecule has 0 saturated heterocycles. The Bertz CT molecular complexity index is 468. The van der Waals surface area contributed by atoms with E-state index in [1.54, 1.807) is 22.8 Å². The van der Waals surface area contributed by atoms with Crippen LogP contribution in [0.5, 0.6) is 11.5 Å². The SMILES string of the molecule is CC.Oc1cc(O)cc(-c2cnn(PI)c2)c1. The summed E-state index contributed by atoms with van der Waals surface area (Å²) < 4.78 is 1.80. The highest BCUT2D eigenvalue weighted by Gasteiger charge is 2.04. The predicted octanol–water partition coefficient (Wildman–Crippen LogP) is 3.78. The van der Waals surface area contributed by atoms with Gasteiger partial charge in [-0.25, -0.2) is 4.45 Å². The molecule has 4 nitrogen and oxygen atoms in total. The molecule has 17 heavy (non-hydrogen) atoms. The average molecular weight is 364 g/mol. The lowest BCUT2D eigenvalue weighted by Crippen LogP contribution is -1.77. The van der Waals surface area contributed by atoms with E-state index in [0.717, 1.165) is 11.1 Å². The van der Waals surface area contributed by atoms with Crippen LogP contribution in [0.25, 0.3) is 11.1 Å². The average Bonchev–Trinajstić information content (AvgIpc) is 2.79. The van der Waals surface area contributed by atoms with Gasteiger partial charge in [-0.3, -0.25) is 0 Å². The normalized spacial score (nSPS) is 10.3. The van der Waals surface area contributed by atoms with Gasteiger partial charge in [-0.05, 0) is 39.7 Å². The lowest BCUT2D eigenvalue weighted by atomic mass is 10.1. The summed E-state index contributed by atoms with van der Waals surface area (Å²) in [7, 11) is 0. The molecule has 2 rings (SSSR count). The number of hydrogen-bond donors (Lipinski definition) is 2. The molecule has 0 radical (unpaired) electrons. The standard InChI is InChI=1S/C9H8IN2O2P.C2H6/c10-15-12-5-7(4-11-12)6-1-8(13)3-9(14)2-6;1-2/h1-5,13-15H;1-2H3. The number of phenolic OH excluding ortho intramolecular Hbond substituents is 2. The van der Waals surface area contributed by atoms with Crippen molar-refractivity contribution in [2.75, 3.05) is 0 Å². The fourth-order valence-electron chi connectivity index (χ4n) is 1.28. The fraction of sp³-hybridized carbons (Fsp3) is 0.182. The minimum atomic E-state index is 0.0506. The van der Waals surface area contributed by atoms with Crippen molar-refractivity contribution in [1.29, 1.82) is 0 Å². The first-order valence-corrected chi connectivity index (χ1v) is 9.20. The van der Waals surface area contributed by atoms with Gasteiger partial charge >= 0.3 is 0 Å². The van der Waals surface area contributed by atoms with Gasteiger partial charge in [0, 0.05) is 17.8 Å². The molecule has 1 unspecified atom stereocenters. The van der Waals surface area contributed by atoms with Gasteiger partial charge in [0.1, 0.15) is 11.5 Å². The van der Waals surface area contributed by atoms with Gasteiger partial charge in [-0.2, -0.15) is 5.10 Å². The molecule has 0 saturated carbocycles. The number of hydrogen-bond acceptors (Lipinski definition) is 3. The lowest BCUT2D eigenvalue weighted by Gasteiger charge is -2.00. The predicted molar refractivity (Wildman–Crippen MR) is 80.1 cm³/mol. The second-order valence-electron chi connectivity index (χ2n) is 3.00. The Morgan fingerprint density at radius 2 is 1.71 bits per heavy atom. The van der Waals surface area contributed by atoms with Gasteiger partial charge in [0.15, 0.2) is 0 Å². The summed E-state index contributed by atoms with van der Waals surface area (Å²) in [5, 5.41) is 22.8. The Kier molecular flexibility index (Phi) is 5.71. The third kappa shape index (κ3) is 3.85. The molecular formula is C11H14IN2O2P. The van der Waals surface area contributed by atoms with E-state index in [2.05, 4.69) is 27.1 Å². The minimum Gasteiger partial charge on any atom is -0.508 e. The third-order valence-electron chi connectivity index (χ3n) is 1.91. The number of benzene rings is 1. The van der Waals surface area contributed by atoms with E-state index in [9.17, 15) is 10.2 Å². The molecule has 1 atom stereocenters. The van der Waals surface area contributed by atoms with E-state index in [1.807, 2.05) is 20.0 Å². The molecule has 0 aliphatic rings. The maximum atomic E-state index is 9.33. The number of phenols is 2. The highest BCUT2D eigenvalue weighted by Crippen LogP contribution is 2.30. The second-order valence-corrected chi connectivity index (χ2v) is 5.07. The zero-order valence-corrected chi connectivity index (χ0v) is 12.7. The molecule has 0 aliphatic heterocycles. The Labute approximate surface area is 115 Å². The molecule has 1 heterocycles. The molecule has 6 heteroatoms. The molecule has 0 fully saturated rings. The summed E-state index contributed by atoms with van der Waals surface area (Å²) in [6.07, 6.45) is 4.12. The lowest BCUT2D eigenvalue weighted by molar-refractivity contribution is 0.451. The molecule has 0 aliphatic carbocycles. The third-order valence-corrected chi connectivity index (χ3v) is 3.81. The van der Waals surface area contributed by atoms with Gasteiger partial charge in [-0.1, -0.05) is 13.8 Å². The van der Waals surface area contributed by atoms with Gasteiger partial charge in [-0.15, -0.1) is 0 Å². The van der Waals surface area contributed by atoms with E-state index in [0.29, 0.717) is 6.37 Å². The molecule has 2 N–H and O–H groups in total. The summed E-state index contributed by atoms with van der Waals surface area (Å²) in [5.74, 6) is 0.101. The molecule has 1 aromatic carbocycles. The van der Waals surface area contributed by atoms with Crippen LogP contribution in [0.4, 0.5) is 0 Å². The number of rotatable bonds is 2. The summed E-state index contributed by atoms with van der Waals surface area (Å²) in [4.78, 5) is 0. The van der Waals surface area contributed by atoms with E-state index in [-0.39, 0.29) is 11.5 Å². The van der Waals surface area contributed by atoms with Crippen molar-refractivity contribution in [3.63, 3.8) is 0 Å². The van der Waals surface area contributed by atoms with E-state index < -0.39 is 0 Å². The highest BCUT2D eigenvalue weighted by atomic mass is 127. The molecular weight excluding hydrogens is 350 g/mol. The van der Waals surface area contributed by atoms with Crippen LogP contribution in [0, 0.1) is 0 Å². The van der Waals surface area contributed by atoms with Gasteiger partial charge in [0.2, 0.25) is 0 Å². The number of aromatic nitrogens is 2. The fourth-order valence-corrected chi connectivity index (χ4v) is 2.36. The quantitative estimate of drug-likeness (QED) is 0.630. The Hall–Kier alpha value is -0.810. The summed E-state index contributed by atoms with van der Waals surface area (Å²) in [5.41, 5.74) is 1.64. The highest BCUT2D eigenvalue weighted by molar-refractivity contribution is 14.2. The smallest absolute Gasteiger partial charge is 0.119 e. The van der Waals surface area contributed by atoms with Gasteiger partial charge < -0.3 is 10.2 Å². The second kappa shape index (κ2) is 6.81. The van der Waals surface area contributed by atoms with Crippen molar-refractivity contribution < 1.29 is 10.2 Å². The number of nitrogens with zero attached hydrogens (tertiary/aromatic N) is 2. The molecule has 0 amide bonds. The maximum absolute atomic E-state index is 9.33. The van der Waals surface area contributed by atoms with Crippen molar-refractivity contribution in [2.24, 2.45) is 0 Å². The van der Waals surface area contributed by atoms with Crippen molar-refractivity contribution in [3.05, 3.63) is 30.6 Å². The first-order valence-electron chi connectivity index (χ1n) is 5.14. The van der Waals surface area contributed by atoms with E-state index in [4.69, 9.17) is 0 Å². The summed E-state index contributed by atoms with van der Waals surface area (Å²) in [6.45, 7) is 4.00. The van der Waals surface area contributed by atoms with Crippen LogP contribution in [0.3, 0.4) is 0 Å². The van der Waals surface area contributed by atoms with Crippen LogP contribution in [-0.2, 0) is 0 Å². The topological polar surface area (TPSA) is 58.3 Å². The van der Waals surface area contributed by atoms with Crippen molar-refractivity contribution >= 4 is 28.4 Å². The van der Waals surface area contributed by atoms with E-state index in [1.165, 1.54) is 6.07 Å². The zero-order chi connectivity index (χ0) is 12.8. The molecule has 0 bridgehead atoms. The van der Waals surface area contributed by atoms with Gasteiger partial charge in [0.05, 0.1) is 12.6 Å². The van der Waals surface area contributed by atoms with Gasteiger partial charge in [0.25, 0.3) is 0 Å². The zero-order valence-electron chi connectivity index (χ0n) is 9.55. The number of aromatic hydroxyl groups is 2. The van der Waals surface area contributed by atoms with Crippen LogP contribution in [0.2, 0.25) is 0 Å². The minimum absolute atomic E-state index is 0.0506. The van der Waals surface area contributed by atoms with Crippen molar-refractivity contribution in [2.45, 2.75) is 13.8 Å². The molecule has 2 aromatic rings. The molecule has 92 valence electrons. The molecule has 0 spiro atoms.